The van der Waals surface area contributed by atoms with Crippen molar-refractivity contribution in [2.24, 2.45) is 0 Å². The number of aromatic nitrogens is 3. The van der Waals surface area contributed by atoms with Crippen LogP contribution in [0.25, 0.3) is 22.3 Å². The van der Waals surface area contributed by atoms with Crippen molar-refractivity contribution in [1.82, 2.24) is 19.9 Å². The largest absolute Gasteiger partial charge is 0.497 e. The van der Waals surface area contributed by atoms with E-state index in [4.69, 9.17) is 19.4 Å². The summed E-state index contributed by atoms with van der Waals surface area (Å²) in [6, 6.07) is 17.4. The minimum Gasteiger partial charge on any atom is -0.497 e. The molecule has 9 heteroatoms. The van der Waals surface area contributed by atoms with Gasteiger partial charge in [0.15, 0.2) is 0 Å². The molecule has 1 fully saturated rings. The topological polar surface area (TPSA) is 98.6 Å². The lowest BCUT2D eigenvalue weighted by molar-refractivity contribution is -0.119. The fourth-order valence-corrected chi connectivity index (χ4v) is 4.94. The van der Waals surface area contributed by atoms with E-state index in [1.54, 1.807) is 36.9 Å². The molecule has 9 nitrogen and oxygen atoms in total. The summed E-state index contributed by atoms with van der Waals surface area (Å²) in [4.78, 5) is 37.1. The Bertz CT molecular complexity index is 1490. The number of carbonyl (C=O) groups excluding carboxylic acids is 1. The number of pyridine rings is 1. The molecule has 1 aliphatic rings. The van der Waals surface area contributed by atoms with Crippen LogP contribution in [0.15, 0.2) is 65.6 Å². The third-order valence-corrected chi connectivity index (χ3v) is 6.87. The van der Waals surface area contributed by atoms with Crippen molar-refractivity contribution in [3.63, 3.8) is 0 Å². The van der Waals surface area contributed by atoms with Gasteiger partial charge in [-0.2, -0.15) is 0 Å². The zero-order valence-corrected chi connectivity index (χ0v) is 21.8. The van der Waals surface area contributed by atoms with Crippen molar-refractivity contribution in [3.05, 3.63) is 76.7 Å². The number of benzene rings is 2. The number of anilines is 1. The van der Waals surface area contributed by atoms with E-state index in [1.165, 1.54) is 7.11 Å². The highest BCUT2D eigenvalue weighted by atomic mass is 16.5. The standard InChI is InChI=1S/C29H31N5O4/c1-19(35)31-22-11-13-33(14-12-22)26-10-9-21(17-30-26)28-32-24-15-23(37-2)16-25(38-3)27(24)29(36)34(28)18-20-7-5-4-6-8-20/h4-10,15-17,22H,11-14,18H2,1-3H3,(H,31,35). The first-order chi connectivity index (χ1) is 18.5. The highest BCUT2D eigenvalue weighted by molar-refractivity contribution is 5.87. The van der Waals surface area contributed by atoms with Gasteiger partial charge < -0.3 is 19.7 Å². The molecule has 1 amide bonds. The van der Waals surface area contributed by atoms with Gasteiger partial charge in [-0.05, 0) is 30.5 Å². The van der Waals surface area contributed by atoms with Gasteiger partial charge in [-0.15, -0.1) is 0 Å². The maximum atomic E-state index is 13.9. The van der Waals surface area contributed by atoms with Crippen molar-refractivity contribution >= 4 is 22.6 Å². The van der Waals surface area contributed by atoms with E-state index in [0.717, 1.165) is 42.9 Å². The molecular formula is C29H31N5O4. The molecule has 1 saturated heterocycles. The Balaban J connectivity index is 1.54. The second-order valence-electron chi connectivity index (χ2n) is 9.40. The van der Waals surface area contributed by atoms with Crippen LogP contribution in [0.5, 0.6) is 11.5 Å². The lowest BCUT2D eigenvalue weighted by atomic mass is 10.0. The van der Waals surface area contributed by atoms with Crippen LogP contribution in [0.4, 0.5) is 5.82 Å². The number of hydrogen-bond donors (Lipinski definition) is 1. The van der Waals surface area contributed by atoms with Gasteiger partial charge in [0.25, 0.3) is 5.56 Å². The molecule has 38 heavy (non-hydrogen) atoms. The van der Waals surface area contributed by atoms with E-state index in [2.05, 4.69) is 10.2 Å². The van der Waals surface area contributed by atoms with Crippen molar-refractivity contribution < 1.29 is 14.3 Å². The fraction of sp³-hybridized carbons (Fsp3) is 0.310. The fourth-order valence-electron chi connectivity index (χ4n) is 4.94. The number of amides is 1. The van der Waals surface area contributed by atoms with Crippen LogP contribution in [0.2, 0.25) is 0 Å². The summed E-state index contributed by atoms with van der Waals surface area (Å²) in [6.45, 7) is 3.52. The van der Waals surface area contributed by atoms with Crippen LogP contribution in [-0.2, 0) is 11.3 Å². The Kier molecular flexibility index (Phi) is 7.26. The zero-order chi connectivity index (χ0) is 26.6. The van der Waals surface area contributed by atoms with Gasteiger partial charge in [-0.25, -0.2) is 9.97 Å². The number of nitrogens with one attached hydrogen (secondary N) is 1. The summed E-state index contributed by atoms with van der Waals surface area (Å²) in [5.41, 5.74) is 2.02. The first kappa shape index (κ1) is 25.3. The minimum atomic E-state index is -0.197. The lowest BCUT2D eigenvalue weighted by Gasteiger charge is -2.33. The maximum absolute atomic E-state index is 13.9. The van der Waals surface area contributed by atoms with E-state index in [-0.39, 0.29) is 17.5 Å². The molecule has 1 N–H and O–H groups in total. The number of piperidine rings is 1. The van der Waals surface area contributed by atoms with Gasteiger partial charge >= 0.3 is 0 Å². The normalized spacial score (nSPS) is 13.9. The van der Waals surface area contributed by atoms with E-state index in [1.807, 2.05) is 42.5 Å². The molecule has 196 valence electrons. The van der Waals surface area contributed by atoms with Crippen LogP contribution in [-0.4, -0.2) is 53.8 Å². The Morgan fingerprint density at radius 3 is 2.45 bits per heavy atom. The summed E-state index contributed by atoms with van der Waals surface area (Å²) >= 11 is 0. The van der Waals surface area contributed by atoms with Crippen LogP contribution >= 0.6 is 0 Å². The van der Waals surface area contributed by atoms with Gasteiger partial charge in [0, 0.05) is 49.9 Å². The number of ether oxygens (including phenoxy) is 2. The molecule has 0 bridgehead atoms. The average Bonchev–Trinajstić information content (AvgIpc) is 2.94. The predicted octanol–water partition coefficient (Wildman–Crippen LogP) is 3.63. The Hall–Kier alpha value is -4.40. The molecule has 0 unspecified atom stereocenters. The van der Waals surface area contributed by atoms with Gasteiger partial charge in [0.05, 0.1) is 26.3 Å². The van der Waals surface area contributed by atoms with Crippen LogP contribution in [0, 0.1) is 0 Å². The quantitative estimate of drug-likeness (QED) is 0.403. The molecule has 0 spiro atoms. The molecule has 3 heterocycles. The van der Waals surface area contributed by atoms with E-state index < -0.39 is 0 Å². The SMILES string of the molecule is COc1cc(OC)c2c(=O)n(Cc3ccccc3)c(-c3ccc(N4CCC(NC(C)=O)CC4)nc3)nc2c1. The van der Waals surface area contributed by atoms with Gasteiger partial charge in [0.2, 0.25) is 5.91 Å². The van der Waals surface area contributed by atoms with Gasteiger partial charge in [-0.3, -0.25) is 14.2 Å². The monoisotopic (exact) mass is 513 g/mol. The molecule has 2 aromatic carbocycles. The molecule has 1 aliphatic heterocycles. The molecule has 0 saturated carbocycles. The first-order valence-electron chi connectivity index (χ1n) is 12.7. The average molecular weight is 514 g/mol. The Labute approximate surface area is 221 Å². The first-order valence-corrected chi connectivity index (χ1v) is 12.7. The molecule has 4 aromatic rings. The number of carbonyl (C=O) groups is 1. The molecule has 0 atom stereocenters. The summed E-state index contributed by atoms with van der Waals surface area (Å²) in [5, 5.41) is 3.40. The maximum Gasteiger partial charge on any atom is 0.265 e. The van der Waals surface area contributed by atoms with E-state index in [9.17, 15) is 9.59 Å². The number of fused-ring (bicyclic) bond motifs is 1. The smallest absolute Gasteiger partial charge is 0.265 e. The van der Waals surface area contributed by atoms with Crippen LogP contribution < -0.4 is 25.2 Å². The van der Waals surface area contributed by atoms with Crippen molar-refractivity contribution in [1.29, 1.82) is 0 Å². The number of hydrogen-bond acceptors (Lipinski definition) is 7. The predicted molar refractivity (Wildman–Crippen MR) is 147 cm³/mol. The summed E-state index contributed by atoms with van der Waals surface area (Å²) < 4.78 is 12.6. The third kappa shape index (κ3) is 5.18. The van der Waals surface area contributed by atoms with Crippen LogP contribution in [0.1, 0.15) is 25.3 Å². The highest BCUT2D eigenvalue weighted by Crippen LogP contribution is 2.30. The Morgan fingerprint density at radius 1 is 1.05 bits per heavy atom. The van der Waals surface area contributed by atoms with E-state index >= 15 is 0 Å². The lowest BCUT2D eigenvalue weighted by Crippen LogP contribution is -2.44. The second-order valence-corrected chi connectivity index (χ2v) is 9.40. The molecule has 2 aromatic heterocycles. The van der Waals surface area contributed by atoms with Crippen LogP contribution in [0.3, 0.4) is 0 Å². The molecule has 0 aliphatic carbocycles. The van der Waals surface area contributed by atoms with Gasteiger partial charge in [-0.1, -0.05) is 30.3 Å². The highest BCUT2D eigenvalue weighted by Gasteiger charge is 2.22. The van der Waals surface area contributed by atoms with Gasteiger partial charge in [0.1, 0.15) is 28.5 Å². The molecule has 5 rings (SSSR count). The minimum absolute atomic E-state index is 0.00519. The summed E-state index contributed by atoms with van der Waals surface area (Å²) in [5.74, 6) is 2.36. The molecule has 0 radical (unpaired) electrons. The second kappa shape index (κ2) is 10.9. The number of methoxy groups -OCH3 is 2. The number of nitrogens with zero attached hydrogens (tertiary/aromatic N) is 4. The van der Waals surface area contributed by atoms with E-state index in [0.29, 0.717) is 34.8 Å². The molecular weight excluding hydrogens is 482 g/mol. The zero-order valence-electron chi connectivity index (χ0n) is 21.8. The summed E-state index contributed by atoms with van der Waals surface area (Å²) in [6.07, 6.45) is 3.51. The number of rotatable bonds is 7. The Morgan fingerprint density at radius 2 is 1.82 bits per heavy atom. The third-order valence-electron chi connectivity index (χ3n) is 6.87. The van der Waals surface area contributed by atoms with Crippen molar-refractivity contribution in [2.45, 2.75) is 32.4 Å². The van der Waals surface area contributed by atoms with Crippen molar-refractivity contribution in [3.8, 4) is 22.9 Å². The summed E-state index contributed by atoms with van der Waals surface area (Å²) in [7, 11) is 3.10. The van der Waals surface area contributed by atoms with Crippen molar-refractivity contribution in [2.75, 3.05) is 32.2 Å².